The van der Waals surface area contributed by atoms with E-state index in [9.17, 15) is 8.42 Å². The van der Waals surface area contributed by atoms with Crippen molar-refractivity contribution in [1.82, 2.24) is 5.32 Å². The van der Waals surface area contributed by atoms with Crippen molar-refractivity contribution < 1.29 is 8.42 Å². The molecular formula is C5H11NO2S2. The van der Waals surface area contributed by atoms with Crippen LogP contribution in [-0.4, -0.2) is 20.0 Å². The highest BCUT2D eigenvalue weighted by Gasteiger charge is 2.12. The van der Waals surface area contributed by atoms with Crippen LogP contribution in [0.4, 0.5) is 0 Å². The minimum atomic E-state index is -3.02. The molecule has 0 fully saturated rings. The minimum absolute atomic E-state index is 0.359. The fraction of sp³-hybridized carbons (Fsp3) is 0.600. The van der Waals surface area contributed by atoms with E-state index in [1.165, 1.54) is 6.92 Å². The molecule has 0 aliphatic heterocycles. The van der Waals surface area contributed by atoms with Crippen molar-refractivity contribution in [3.63, 3.8) is 0 Å². The van der Waals surface area contributed by atoms with Gasteiger partial charge in [0.2, 0.25) is 0 Å². The lowest BCUT2D eigenvalue weighted by atomic mass is 10.7. The molecule has 60 valence electrons. The van der Waals surface area contributed by atoms with Gasteiger partial charge in [-0.2, -0.15) is 0 Å². The van der Waals surface area contributed by atoms with Gasteiger partial charge in [-0.1, -0.05) is 6.58 Å². The molecule has 0 spiro atoms. The number of hydrogen-bond donors (Lipinski definition) is 2. The maximum atomic E-state index is 10.7. The molecule has 1 atom stereocenters. The van der Waals surface area contributed by atoms with Crippen LogP contribution >= 0.6 is 12.6 Å². The molecule has 1 unspecified atom stereocenters. The Bertz CT molecular complexity index is 220. The molecule has 0 aromatic rings. The summed E-state index contributed by atoms with van der Waals surface area (Å²) in [5, 5.41) is 2.31. The van der Waals surface area contributed by atoms with Gasteiger partial charge in [0.25, 0.3) is 0 Å². The molecule has 0 aliphatic carbocycles. The molecule has 0 saturated carbocycles. The van der Waals surface area contributed by atoms with Gasteiger partial charge in [0.15, 0.2) is 9.84 Å². The van der Waals surface area contributed by atoms with E-state index in [1.807, 2.05) is 0 Å². The Morgan fingerprint density at radius 2 is 2.10 bits per heavy atom. The lowest BCUT2D eigenvalue weighted by molar-refractivity contribution is 0.582. The molecule has 0 heterocycles. The SMILES string of the molecule is C=C(S)NC(C)S(C)(=O)=O. The van der Waals surface area contributed by atoms with E-state index in [4.69, 9.17) is 0 Å². The monoisotopic (exact) mass is 181 g/mol. The largest absolute Gasteiger partial charge is 0.365 e. The van der Waals surface area contributed by atoms with Crippen molar-refractivity contribution >= 4 is 22.5 Å². The first-order chi connectivity index (χ1) is 4.34. The summed E-state index contributed by atoms with van der Waals surface area (Å²) in [5.41, 5.74) is 0. The zero-order valence-corrected chi connectivity index (χ0v) is 7.67. The molecular weight excluding hydrogens is 170 g/mol. The summed E-state index contributed by atoms with van der Waals surface area (Å²) in [4.78, 5) is 0. The van der Waals surface area contributed by atoms with Crippen molar-refractivity contribution in [3.05, 3.63) is 11.6 Å². The zero-order chi connectivity index (χ0) is 8.36. The van der Waals surface area contributed by atoms with Gasteiger partial charge in [0.1, 0.15) is 5.37 Å². The van der Waals surface area contributed by atoms with E-state index in [0.29, 0.717) is 5.03 Å². The van der Waals surface area contributed by atoms with Crippen molar-refractivity contribution in [3.8, 4) is 0 Å². The molecule has 0 aliphatic rings. The molecule has 0 aromatic carbocycles. The average molecular weight is 181 g/mol. The third kappa shape index (κ3) is 3.79. The van der Waals surface area contributed by atoms with Crippen LogP contribution in [0.2, 0.25) is 0 Å². The summed E-state index contributed by atoms with van der Waals surface area (Å²) in [7, 11) is -3.02. The van der Waals surface area contributed by atoms with E-state index >= 15 is 0 Å². The Morgan fingerprint density at radius 3 is 2.20 bits per heavy atom. The van der Waals surface area contributed by atoms with Crippen molar-refractivity contribution in [2.75, 3.05) is 6.26 Å². The average Bonchev–Trinajstić information content (AvgIpc) is 1.60. The van der Waals surface area contributed by atoms with Crippen molar-refractivity contribution in [2.45, 2.75) is 12.3 Å². The van der Waals surface area contributed by atoms with Crippen LogP contribution in [0, 0.1) is 0 Å². The summed E-state index contributed by atoms with van der Waals surface area (Å²) in [6, 6.07) is 0. The second-order valence-corrected chi connectivity index (χ2v) is 4.97. The third-order valence-corrected chi connectivity index (χ3v) is 2.54. The fourth-order valence-corrected chi connectivity index (χ4v) is 0.979. The smallest absolute Gasteiger partial charge is 0.167 e. The number of sulfone groups is 1. The van der Waals surface area contributed by atoms with Gasteiger partial charge < -0.3 is 5.32 Å². The minimum Gasteiger partial charge on any atom is -0.365 e. The Hall–Kier alpha value is -0.160. The fourth-order valence-electron chi connectivity index (χ4n) is 0.342. The van der Waals surface area contributed by atoms with Gasteiger partial charge in [-0.15, -0.1) is 12.6 Å². The first-order valence-electron chi connectivity index (χ1n) is 2.67. The molecule has 0 saturated heterocycles. The maximum Gasteiger partial charge on any atom is 0.167 e. The summed E-state index contributed by atoms with van der Waals surface area (Å²) in [6.07, 6.45) is 1.15. The number of nitrogens with one attached hydrogen (secondary N) is 1. The summed E-state index contributed by atoms with van der Waals surface area (Å²) in [5.74, 6) is 0. The predicted molar refractivity (Wildman–Crippen MR) is 45.6 cm³/mol. The van der Waals surface area contributed by atoms with Crippen molar-refractivity contribution in [1.29, 1.82) is 0 Å². The van der Waals surface area contributed by atoms with E-state index in [0.717, 1.165) is 6.26 Å². The van der Waals surface area contributed by atoms with Crippen LogP contribution in [0.25, 0.3) is 0 Å². The molecule has 0 bridgehead atoms. The molecule has 3 nitrogen and oxygen atoms in total. The summed E-state index contributed by atoms with van der Waals surface area (Å²) in [6.45, 7) is 4.94. The number of rotatable bonds is 3. The predicted octanol–water partition coefficient (Wildman–Crippen LogP) is 0.368. The van der Waals surface area contributed by atoms with Crippen LogP contribution < -0.4 is 5.32 Å². The normalized spacial score (nSPS) is 14.3. The topological polar surface area (TPSA) is 46.2 Å². The Kier molecular flexibility index (Phi) is 3.24. The highest BCUT2D eigenvalue weighted by Crippen LogP contribution is 1.98. The van der Waals surface area contributed by atoms with Gasteiger partial charge in [-0.05, 0) is 6.92 Å². The molecule has 0 radical (unpaired) electrons. The van der Waals surface area contributed by atoms with Crippen LogP contribution in [0.3, 0.4) is 0 Å². The molecule has 0 aromatic heterocycles. The molecule has 10 heavy (non-hydrogen) atoms. The Labute approximate surface area is 66.8 Å². The van der Waals surface area contributed by atoms with Crippen LogP contribution in [-0.2, 0) is 9.84 Å². The molecule has 0 rings (SSSR count). The lowest BCUT2D eigenvalue weighted by Crippen LogP contribution is -2.30. The Balaban J connectivity index is 4.12. The van der Waals surface area contributed by atoms with Crippen molar-refractivity contribution in [2.24, 2.45) is 0 Å². The van der Waals surface area contributed by atoms with E-state index in [1.54, 1.807) is 0 Å². The van der Waals surface area contributed by atoms with Gasteiger partial charge in [-0.3, -0.25) is 0 Å². The van der Waals surface area contributed by atoms with Gasteiger partial charge in [0, 0.05) is 6.26 Å². The highest BCUT2D eigenvalue weighted by atomic mass is 32.2. The number of thiol groups is 1. The first-order valence-corrected chi connectivity index (χ1v) is 5.07. The van der Waals surface area contributed by atoms with E-state index < -0.39 is 15.2 Å². The quantitative estimate of drug-likeness (QED) is 0.618. The van der Waals surface area contributed by atoms with Gasteiger partial charge in [0.05, 0.1) is 5.03 Å². The third-order valence-electron chi connectivity index (χ3n) is 1.01. The molecule has 1 N–H and O–H groups in total. The maximum absolute atomic E-state index is 10.7. The van der Waals surface area contributed by atoms with Gasteiger partial charge in [-0.25, -0.2) is 8.42 Å². The number of hydrogen-bond acceptors (Lipinski definition) is 4. The van der Waals surface area contributed by atoms with E-state index in [2.05, 4.69) is 24.5 Å². The van der Waals surface area contributed by atoms with Gasteiger partial charge >= 0.3 is 0 Å². The zero-order valence-electron chi connectivity index (χ0n) is 5.96. The summed E-state index contributed by atoms with van der Waals surface area (Å²) < 4.78 is 21.5. The molecule has 5 heteroatoms. The lowest BCUT2D eigenvalue weighted by Gasteiger charge is -2.11. The summed E-state index contributed by atoms with van der Waals surface area (Å²) >= 11 is 3.80. The first kappa shape index (κ1) is 9.84. The van der Waals surface area contributed by atoms with Crippen LogP contribution in [0.1, 0.15) is 6.92 Å². The Morgan fingerprint density at radius 1 is 1.70 bits per heavy atom. The second kappa shape index (κ2) is 3.30. The van der Waals surface area contributed by atoms with E-state index in [-0.39, 0.29) is 0 Å². The van der Waals surface area contributed by atoms with Crippen LogP contribution in [0.15, 0.2) is 11.6 Å². The van der Waals surface area contributed by atoms with Crippen LogP contribution in [0.5, 0.6) is 0 Å². The second-order valence-electron chi connectivity index (χ2n) is 2.06. The molecule has 0 amide bonds. The standard InChI is InChI=1S/C5H11NO2S2/c1-4(9)6-5(2)10(3,7)8/h5-6,9H,1H2,2-3H3. The highest BCUT2D eigenvalue weighted by molar-refractivity contribution is 7.91.